The summed E-state index contributed by atoms with van der Waals surface area (Å²) in [5, 5.41) is 1.70. The molecule has 1 aliphatic rings. The fraction of sp³-hybridized carbons (Fsp3) is 0.312. The molecule has 0 radical (unpaired) electrons. The van der Waals surface area contributed by atoms with Gasteiger partial charge in [-0.05, 0) is 37.6 Å². The number of fused-ring (bicyclic) bond motifs is 1. The van der Waals surface area contributed by atoms with Crippen molar-refractivity contribution in [2.75, 3.05) is 12.4 Å². The molecule has 1 aromatic carbocycles. The van der Waals surface area contributed by atoms with Crippen molar-refractivity contribution in [3.05, 3.63) is 45.2 Å². The number of ether oxygens (including phenoxy) is 1. The Balaban J connectivity index is 2.03. The lowest BCUT2D eigenvalue weighted by atomic mass is 10.2. The van der Waals surface area contributed by atoms with E-state index in [0.717, 1.165) is 5.57 Å². The molecule has 0 saturated carbocycles. The summed E-state index contributed by atoms with van der Waals surface area (Å²) >= 11 is 7.42. The average Bonchev–Trinajstić information content (AvgIpc) is 2.90. The van der Waals surface area contributed by atoms with Crippen LogP contribution in [0.1, 0.15) is 19.9 Å². The Morgan fingerprint density at radius 1 is 1.39 bits per heavy atom. The third-order valence-electron chi connectivity index (χ3n) is 3.46. The van der Waals surface area contributed by atoms with Crippen LogP contribution in [-0.2, 0) is 9.53 Å². The second kappa shape index (κ2) is 6.37. The molecule has 5 nitrogen and oxygen atoms in total. The number of cyclic esters (lactones) is 1. The molecule has 0 aliphatic carbocycles. The minimum absolute atomic E-state index is 0.0204. The van der Waals surface area contributed by atoms with E-state index in [9.17, 15) is 9.59 Å². The smallest absolute Gasteiger partial charge is 0.331 e. The standard InChI is InChI=1S/C16H15ClN2O3S/c1-9(2)19-15(21)12-4-3-11(17)6-13(12)18-16(19)23-8-10-5-14(20)22-7-10/h3-6,9H,7-8H2,1-2H3. The minimum Gasteiger partial charge on any atom is -0.458 e. The number of halogens is 1. The number of benzene rings is 1. The van der Waals surface area contributed by atoms with Gasteiger partial charge >= 0.3 is 5.97 Å². The molecule has 7 heteroatoms. The molecule has 0 bridgehead atoms. The Morgan fingerprint density at radius 2 is 2.17 bits per heavy atom. The summed E-state index contributed by atoms with van der Waals surface area (Å²) in [7, 11) is 0. The zero-order valence-electron chi connectivity index (χ0n) is 12.7. The van der Waals surface area contributed by atoms with Crippen LogP contribution < -0.4 is 5.56 Å². The van der Waals surface area contributed by atoms with Crippen LogP contribution in [0.2, 0.25) is 5.02 Å². The minimum atomic E-state index is -0.319. The van der Waals surface area contributed by atoms with Crippen LogP contribution in [0, 0.1) is 0 Å². The highest BCUT2D eigenvalue weighted by Gasteiger charge is 2.17. The summed E-state index contributed by atoms with van der Waals surface area (Å²) in [6.45, 7) is 4.18. The van der Waals surface area contributed by atoms with Gasteiger partial charge in [0, 0.05) is 22.9 Å². The molecule has 0 spiro atoms. The number of aromatic nitrogens is 2. The van der Waals surface area contributed by atoms with Crippen molar-refractivity contribution in [1.82, 2.24) is 9.55 Å². The molecule has 120 valence electrons. The summed E-state index contributed by atoms with van der Waals surface area (Å²) in [6.07, 6.45) is 1.49. The molecule has 2 heterocycles. The van der Waals surface area contributed by atoms with Gasteiger partial charge in [0.15, 0.2) is 5.16 Å². The highest BCUT2D eigenvalue weighted by atomic mass is 35.5. The first-order valence-electron chi connectivity index (χ1n) is 7.16. The van der Waals surface area contributed by atoms with Crippen molar-refractivity contribution >= 4 is 40.2 Å². The Bertz CT molecular complexity index is 873. The second-order valence-electron chi connectivity index (χ2n) is 5.52. The maximum atomic E-state index is 12.7. The lowest BCUT2D eigenvalue weighted by molar-refractivity contribution is -0.134. The van der Waals surface area contributed by atoms with Crippen molar-refractivity contribution in [2.24, 2.45) is 0 Å². The highest BCUT2D eigenvalue weighted by molar-refractivity contribution is 7.99. The van der Waals surface area contributed by atoms with Gasteiger partial charge in [0.25, 0.3) is 5.56 Å². The predicted molar refractivity (Wildman–Crippen MR) is 91.2 cm³/mol. The SMILES string of the molecule is CC(C)n1c(SCC2=CC(=O)OC2)nc2cc(Cl)ccc2c1=O. The number of rotatable bonds is 4. The number of esters is 1. The van der Waals surface area contributed by atoms with E-state index in [1.54, 1.807) is 22.8 Å². The average molecular weight is 351 g/mol. The van der Waals surface area contributed by atoms with Gasteiger partial charge in [-0.2, -0.15) is 0 Å². The van der Waals surface area contributed by atoms with Crippen molar-refractivity contribution < 1.29 is 9.53 Å². The van der Waals surface area contributed by atoms with Gasteiger partial charge in [0.05, 0.1) is 10.9 Å². The highest BCUT2D eigenvalue weighted by Crippen LogP contribution is 2.25. The van der Waals surface area contributed by atoms with E-state index in [0.29, 0.717) is 33.4 Å². The van der Waals surface area contributed by atoms with E-state index < -0.39 is 0 Å². The first-order chi connectivity index (χ1) is 11.0. The van der Waals surface area contributed by atoms with Gasteiger partial charge in [0.1, 0.15) is 6.61 Å². The Hall–Kier alpha value is -1.79. The molecule has 1 aliphatic heterocycles. The molecule has 0 atom stereocenters. The molecule has 0 N–H and O–H groups in total. The molecule has 0 unspecified atom stereocenters. The zero-order valence-corrected chi connectivity index (χ0v) is 14.3. The molecule has 2 aromatic rings. The van der Waals surface area contributed by atoms with Crippen LogP contribution in [-0.4, -0.2) is 27.9 Å². The van der Waals surface area contributed by atoms with Gasteiger partial charge in [-0.25, -0.2) is 9.78 Å². The first kappa shape index (κ1) is 16.1. The monoisotopic (exact) mass is 350 g/mol. The first-order valence-corrected chi connectivity index (χ1v) is 8.53. The van der Waals surface area contributed by atoms with Crippen LogP contribution in [0.5, 0.6) is 0 Å². The summed E-state index contributed by atoms with van der Waals surface area (Å²) in [6, 6.07) is 5.06. The second-order valence-corrected chi connectivity index (χ2v) is 6.90. The number of hydrogen-bond acceptors (Lipinski definition) is 5. The molecule has 1 aromatic heterocycles. The van der Waals surface area contributed by atoms with Crippen LogP contribution in [0.4, 0.5) is 0 Å². The zero-order chi connectivity index (χ0) is 16.6. The largest absolute Gasteiger partial charge is 0.458 e. The third-order valence-corrected chi connectivity index (χ3v) is 4.75. The van der Waals surface area contributed by atoms with E-state index in [1.807, 2.05) is 13.8 Å². The summed E-state index contributed by atoms with van der Waals surface area (Å²) < 4.78 is 6.56. The molecule has 0 amide bonds. The van der Waals surface area contributed by atoms with Gasteiger partial charge < -0.3 is 4.74 Å². The molecule has 0 saturated heterocycles. The van der Waals surface area contributed by atoms with Crippen molar-refractivity contribution in [1.29, 1.82) is 0 Å². The number of nitrogens with zero attached hydrogens (tertiary/aromatic N) is 2. The molecular formula is C16H15ClN2O3S. The van der Waals surface area contributed by atoms with Crippen molar-refractivity contribution in [2.45, 2.75) is 25.0 Å². The van der Waals surface area contributed by atoms with Gasteiger partial charge in [0.2, 0.25) is 0 Å². The van der Waals surface area contributed by atoms with Crippen molar-refractivity contribution in [3.8, 4) is 0 Å². The van der Waals surface area contributed by atoms with Crippen LogP contribution in [0.25, 0.3) is 10.9 Å². The van der Waals surface area contributed by atoms with Crippen LogP contribution in [0.15, 0.2) is 39.8 Å². The van der Waals surface area contributed by atoms with Crippen LogP contribution >= 0.6 is 23.4 Å². The van der Waals surface area contributed by atoms with Crippen molar-refractivity contribution in [3.63, 3.8) is 0 Å². The number of carbonyl (C=O) groups is 1. The summed E-state index contributed by atoms with van der Waals surface area (Å²) in [4.78, 5) is 28.4. The topological polar surface area (TPSA) is 61.2 Å². The predicted octanol–water partition coefficient (Wildman–Crippen LogP) is 3.21. The van der Waals surface area contributed by atoms with Gasteiger partial charge in [-0.3, -0.25) is 9.36 Å². The number of carbonyl (C=O) groups excluding carboxylic acids is 1. The molecule has 23 heavy (non-hydrogen) atoms. The van der Waals surface area contributed by atoms with Gasteiger partial charge in [-0.1, -0.05) is 23.4 Å². The van der Waals surface area contributed by atoms with Gasteiger partial charge in [-0.15, -0.1) is 0 Å². The molecule has 3 rings (SSSR count). The Morgan fingerprint density at radius 3 is 2.83 bits per heavy atom. The maximum absolute atomic E-state index is 12.7. The maximum Gasteiger partial charge on any atom is 0.331 e. The van der Waals surface area contributed by atoms with E-state index in [4.69, 9.17) is 16.3 Å². The fourth-order valence-electron chi connectivity index (χ4n) is 2.36. The van der Waals surface area contributed by atoms with Crippen LogP contribution in [0.3, 0.4) is 0 Å². The molecular weight excluding hydrogens is 336 g/mol. The lowest BCUT2D eigenvalue weighted by Crippen LogP contribution is -2.25. The molecule has 0 fully saturated rings. The normalized spacial score (nSPS) is 14.4. The fourth-order valence-corrected chi connectivity index (χ4v) is 3.61. The van der Waals surface area contributed by atoms with E-state index >= 15 is 0 Å². The number of hydrogen-bond donors (Lipinski definition) is 0. The van der Waals surface area contributed by atoms with E-state index in [2.05, 4.69) is 4.98 Å². The summed E-state index contributed by atoms with van der Waals surface area (Å²) in [5.41, 5.74) is 1.38. The van der Waals surface area contributed by atoms with E-state index in [-0.39, 0.29) is 17.6 Å². The summed E-state index contributed by atoms with van der Waals surface area (Å²) in [5.74, 6) is 0.233. The Labute approximate surface area is 142 Å². The third kappa shape index (κ3) is 3.28. The lowest BCUT2D eigenvalue weighted by Gasteiger charge is -2.16. The van der Waals surface area contributed by atoms with E-state index in [1.165, 1.54) is 17.8 Å². The number of thioether (sulfide) groups is 1. The Kier molecular flexibility index (Phi) is 4.46. The quantitative estimate of drug-likeness (QED) is 0.481.